The highest BCUT2D eigenvalue weighted by atomic mass is 35.7. The average Bonchev–Trinajstić information content (AvgIpc) is 2.57. The van der Waals surface area contributed by atoms with Crippen molar-refractivity contribution in [2.45, 2.75) is 11.4 Å². The number of carbonyl (C=O) groups is 1. The van der Waals surface area contributed by atoms with Crippen molar-refractivity contribution in [1.82, 2.24) is 5.32 Å². The van der Waals surface area contributed by atoms with Crippen LogP contribution in [0.4, 0.5) is 0 Å². The number of benzene rings is 1. The molecule has 1 amide bonds. The van der Waals surface area contributed by atoms with Crippen LogP contribution in [0.3, 0.4) is 0 Å². The molecular weight excluding hydrogens is 252 g/mol. The lowest BCUT2D eigenvalue weighted by Gasteiger charge is -2.02. The Kier molecular flexibility index (Phi) is 2.37. The number of hydrogen-bond acceptors (Lipinski definition) is 4. The van der Waals surface area contributed by atoms with Crippen molar-refractivity contribution in [3.63, 3.8) is 0 Å². The van der Waals surface area contributed by atoms with E-state index in [1.807, 2.05) is 0 Å². The molecular formula is C9H5ClN2O3S. The Bertz CT molecular complexity index is 631. The molecule has 0 radical (unpaired) electrons. The van der Waals surface area contributed by atoms with Crippen molar-refractivity contribution in [1.29, 1.82) is 5.26 Å². The Hall–Kier alpha value is -1.58. The van der Waals surface area contributed by atoms with E-state index in [1.165, 1.54) is 6.07 Å². The monoisotopic (exact) mass is 256 g/mol. The zero-order chi connectivity index (χ0) is 11.9. The Morgan fingerprint density at radius 3 is 2.69 bits per heavy atom. The summed E-state index contributed by atoms with van der Waals surface area (Å²) < 4.78 is 22.4. The maximum Gasteiger partial charge on any atom is 0.262 e. The van der Waals surface area contributed by atoms with E-state index in [0.29, 0.717) is 12.1 Å². The van der Waals surface area contributed by atoms with Crippen LogP contribution in [0.1, 0.15) is 21.5 Å². The largest absolute Gasteiger partial charge is 0.348 e. The van der Waals surface area contributed by atoms with Gasteiger partial charge < -0.3 is 5.32 Å². The molecule has 1 aliphatic rings. The summed E-state index contributed by atoms with van der Waals surface area (Å²) >= 11 is 0. The van der Waals surface area contributed by atoms with E-state index in [2.05, 4.69) is 5.32 Å². The number of fused-ring (bicyclic) bond motifs is 1. The van der Waals surface area contributed by atoms with Gasteiger partial charge in [0, 0.05) is 22.8 Å². The van der Waals surface area contributed by atoms with Gasteiger partial charge in [0.15, 0.2) is 0 Å². The minimum atomic E-state index is -4.02. The Balaban J connectivity index is 2.77. The first-order valence-corrected chi connectivity index (χ1v) is 6.54. The van der Waals surface area contributed by atoms with Crippen molar-refractivity contribution < 1.29 is 13.2 Å². The summed E-state index contributed by atoms with van der Waals surface area (Å²) in [5.74, 6) is -0.360. The summed E-state index contributed by atoms with van der Waals surface area (Å²) in [6, 6.07) is 4.25. The van der Waals surface area contributed by atoms with Crippen LogP contribution >= 0.6 is 10.7 Å². The van der Waals surface area contributed by atoms with Crippen molar-refractivity contribution in [3.05, 3.63) is 28.8 Å². The first kappa shape index (κ1) is 10.9. The van der Waals surface area contributed by atoms with Crippen LogP contribution in [0.15, 0.2) is 17.0 Å². The molecule has 0 atom stereocenters. The fourth-order valence-electron chi connectivity index (χ4n) is 1.54. The molecule has 5 nitrogen and oxygen atoms in total. The number of rotatable bonds is 1. The second kappa shape index (κ2) is 3.47. The maximum absolute atomic E-state index is 11.3. The normalized spacial score (nSPS) is 14.1. The number of hydrogen-bond donors (Lipinski definition) is 1. The molecule has 0 aliphatic carbocycles. The summed E-state index contributed by atoms with van der Waals surface area (Å²) in [6.07, 6.45) is 0. The Morgan fingerprint density at radius 2 is 2.12 bits per heavy atom. The summed E-state index contributed by atoms with van der Waals surface area (Å²) in [5, 5.41) is 11.3. The molecule has 1 aliphatic heterocycles. The third kappa shape index (κ3) is 1.64. The van der Waals surface area contributed by atoms with E-state index in [9.17, 15) is 13.2 Å². The summed E-state index contributed by atoms with van der Waals surface area (Å²) in [5.41, 5.74) is 0.800. The lowest BCUT2D eigenvalue weighted by atomic mass is 10.1. The molecule has 0 saturated heterocycles. The third-order valence-corrected chi connectivity index (χ3v) is 3.63. The van der Waals surface area contributed by atoms with Gasteiger partial charge in [0.2, 0.25) is 0 Å². The molecule has 2 rings (SSSR count). The van der Waals surface area contributed by atoms with Crippen LogP contribution in [0.5, 0.6) is 0 Å². The van der Waals surface area contributed by atoms with Crippen molar-refractivity contribution in [3.8, 4) is 6.07 Å². The predicted molar refractivity (Wildman–Crippen MR) is 55.4 cm³/mol. The first-order valence-electron chi connectivity index (χ1n) is 4.23. The van der Waals surface area contributed by atoms with Crippen LogP contribution in [0, 0.1) is 11.3 Å². The topological polar surface area (TPSA) is 87.0 Å². The highest BCUT2D eigenvalue weighted by Crippen LogP contribution is 2.26. The van der Waals surface area contributed by atoms with Crippen LogP contribution < -0.4 is 5.32 Å². The molecule has 0 spiro atoms. The van der Waals surface area contributed by atoms with Gasteiger partial charge in [-0.15, -0.1) is 0 Å². The lowest BCUT2D eigenvalue weighted by Crippen LogP contribution is -2.12. The zero-order valence-corrected chi connectivity index (χ0v) is 9.39. The molecule has 0 bridgehead atoms. The van der Waals surface area contributed by atoms with Gasteiger partial charge in [-0.3, -0.25) is 4.79 Å². The van der Waals surface area contributed by atoms with E-state index in [1.54, 1.807) is 6.07 Å². The number of nitrogens with one attached hydrogen (secondary N) is 1. The Labute approximate surface area is 96.1 Å². The summed E-state index contributed by atoms with van der Waals surface area (Å²) in [4.78, 5) is 11.0. The van der Waals surface area contributed by atoms with E-state index < -0.39 is 9.05 Å². The van der Waals surface area contributed by atoms with Gasteiger partial charge in [0.1, 0.15) is 11.0 Å². The molecule has 7 heteroatoms. The maximum atomic E-state index is 11.3. The van der Waals surface area contributed by atoms with Crippen LogP contribution in [-0.4, -0.2) is 14.3 Å². The van der Waals surface area contributed by atoms with Gasteiger partial charge in [0.25, 0.3) is 15.0 Å². The number of halogens is 1. The third-order valence-electron chi connectivity index (χ3n) is 2.27. The quantitative estimate of drug-likeness (QED) is 0.751. The smallest absolute Gasteiger partial charge is 0.262 e. The van der Waals surface area contributed by atoms with E-state index in [-0.39, 0.29) is 21.9 Å². The van der Waals surface area contributed by atoms with Crippen LogP contribution in [0.25, 0.3) is 0 Å². The number of carbonyl (C=O) groups excluding carboxylic acids is 1. The number of amides is 1. The Morgan fingerprint density at radius 1 is 1.44 bits per heavy atom. The van der Waals surface area contributed by atoms with Crippen LogP contribution in [-0.2, 0) is 15.6 Å². The highest BCUT2D eigenvalue weighted by molar-refractivity contribution is 8.13. The molecule has 0 aromatic heterocycles. The van der Waals surface area contributed by atoms with E-state index in [0.717, 1.165) is 6.07 Å². The molecule has 0 unspecified atom stereocenters. The fourth-order valence-corrected chi connectivity index (χ4v) is 2.55. The molecule has 1 N–H and O–H groups in total. The summed E-state index contributed by atoms with van der Waals surface area (Å²) in [7, 11) is 1.16. The van der Waals surface area contributed by atoms with Gasteiger partial charge in [-0.25, -0.2) is 8.42 Å². The second-order valence-electron chi connectivity index (χ2n) is 3.24. The SMILES string of the molecule is N#Cc1cc2c(cc1S(=O)(=O)Cl)C(=O)NC2. The van der Waals surface area contributed by atoms with Gasteiger partial charge in [-0.05, 0) is 17.7 Å². The van der Waals surface area contributed by atoms with Gasteiger partial charge in [-0.1, -0.05) is 0 Å². The minimum absolute atomic E-state index is 0.0507. The first-order chi connectivity index (χ1) is 7.43. The average molecular weight is 257 g/mol. The highest BCUT2D eigenvalue weighted by Gasteiger charge is 2.25. The number of nitrogens with zero attached hydrogens (tertiary/aromatic N) is 1. The van der Waals surface area contributed by atoms with Crippen molar-refractivity contribution in [2.24, 2.45) is 0 Å². The van der Waals surface area contributed by atoms with Crippen molar-refractivity contribution in [2.75, 3.05) is 0 Å². The van der Waals surface area contributed by atoms with E-state index in [4.69, 9.17) is 15.9 Å². The molecule has 0 saturated carbocycles. The van der Waals surface area contributed by atoms with E-state index >= 15 is 0 Å². The molecule has 0 fully saturated rings. The molecule has 1 aromatic rings. The lowest BCUT2D eigenvalue weighted by molar-refractivity contribution is 0.0965. The number of nitriles is 1. The second-order valence-corrected chi connectivity index (χ2v) is 5.77. The van der Waals surface area contributed by atoms with Gasteiger partial charge in [-0.2, -0.15) is 5.26 Å². The molecule has 1 heterocycles. The molecule has 1 aromatic carbocycles. The molecule has 16 heavy (non-hydrogen) atoms. The predicted octanol–water partition coefficient (Wildman–Crippen LogP) is 0.729. The minimum Gasteiger partial charge on any atom is -0.348 e. The molecule has 82 valence electrons. The van der Waals surface area contributed by atoms with Gasteiger partial charge >= 0.3 is 0 Å². The van der Waals surface area contributed by atoms with Crippen molar-refractivity contribution >= 4 is 25.6 Å². The van der Waals surface area contributed by atoms with Gasteiger partial charge in [0.05, 0.1) is 5.56 Å². The summed E-state index contributed by atoms with van der Waals surface area (Å²) in [6.45, 7) is 0.297. The van der Waals surface area contributed by atoms with Crippen LogP contribution in [0.2, 0.25) is 0 Å². The zero-order valence-electron chi connectivity index (χ0n) is 7.82. The standard InChI is InChI=1S/C9H5ClN2O3S/c10-16(14,15)8-2-7-6(1-5(8)3-11)4-12-9(7)13/h1-2H,4H2,(H,12,13). The fraction of sp³-hybridized carbons (Fsp3) is 0.111.